The van der Waals surface area contributed by atoms with Gasteiger partial charge < -0.3 is 14.8 Å². The van der Waals surface area contributed by atoms with E-state index in [1.54, 1.807) is 0 Å². The lowest BCUT2D eigenvalue weighted by Gasteiger charge is -2.31. The van der Waals surface area contributed by atoms with Crippen LogP contribution in [0.25, 0.3) is 0 Å². The van der Waals surface area contributed by atoms with Crippen molar-refractivity contribution >= 4 is 0 Å². The maximum absolute atomic E-state index is 5.90. The summed E-state index contributed by atoms with van der Waals surface area (Å²) in [7, 11) is 0. The van der Waals surface area contributed by atoms with Crippen LogP contribution in [0, 0.1) is 0 Å². The highest BCUT2D eigenvalue weighted by Crippen LogP contribution is 2.08. The quantitative estimate of drug-likeness (QED) is 0.758. The van der Waals surface area contributed by atoms with Crippen molar-refractivity contribution in [2.75, 3.05) is 45.9 Å². The number of nitrogens with one attached hydrogen (secondary N) is 1. The second-order valence-corrected chi connectivity index (χ2v) is 4.80. The molecule has 0 saturated carbocycles. The van der Waals surface area contributed by atoms with Crippen LogP contribution in [0.3, 0.4) is 0 Å². The van der Waals surface area contributed by atoms with Gasteiger partial charge in [0.25, 0.3) is 0 Å². The maximum Gasteiger partial charge on any atom is 0.0674 e. The van der Waals surface area contributed by atoms with Crippen molar-refractivity contribution in [1.29, 1.82) is 0 Å². The van der Waals surface area contributed by atoms with Crippen LogP contribution < -0.4 is 5.32 Å². The highest BCUT2D eigenvalue weighted by molar-refractivity contribution is 4.70. The zero-order valence-corrected chi connectivity index (χ0v) is 10.3. The summed E-state index contributed by atoms with van der Waals surface area (Å²) in [5.74, 6) is 0. The minimum Gasteiger partial charge on any atom is -0.377 e. The number of rotatable bonds is 4. The van der Waals surface area contributed by atoms with Gasteiger partial charge in [0.2, 0.25) is 0 Å². The van der Waals surface area contributed by atoms with E-state index in [0.717, 1.165) is 45.9 Å². The fourth-order valence-corrected chi connectivity index (χ4v) is 2.40. The van der Waals surface area contributed by atoms with Gasteiger partial charge >= 0.3 is 0 Å². The molecule has 2 aliphatic rings. The number of morpholine rings is 1. The zero-order valence-electron chi connectivity index (χ0n) is 10.3. The normalized spacial score (nSPS) is 29.4. The minimum atomic E-state index is 0.382. The van der Waals surface area contributed by atoms with Crippen molar-refractivity contribution in [1.82, 2.24) is 10.2 Å². The van der Waals surface area contributed by atoms with Gasteiger partial charge in [0, 0.05) is 19.6 Å². The fraction of sp³-hybridized carbons (Fsp3) is 1.00. The summed E-state index contributed by atoms with van der Waals surface area (Å²) in [6.07, 6.45) is 3.20. The first kappa shape index (κ1) is 12.3. The molecule has 4 nitrogen and oxygen atoms in total. The number of nitrogens with zero attached hydrogens (tertiary/aromatic N) is 1. The van der Waals surface area contributed by atoms with Gasteiger partial charge in [-0.2, -0.15) is 0 Å². The van der Waals surface area contributed by atoms with E-state index in [1.807, 2.05) is 0 Å². The fourth-order valence-electron chi connectivity index (χ4n) is 2.40. The first-order chi connectivity index (χ1) is 7.84. The lowest BCUT2D eigenvalue weighted by atomic mass is 10.1. The molecule has 0 aromatic carbocycles. The second kappa shape index (κ2) is 6.55. The van der Waals surface area contributed by atoms with Gasteiger partial charge in [-0.05, 0) is 32.9 Å². The highest BCUT2D eigenvalue weighted by atomic mass is 16.5. The smallest absolute Gasteiger partial charge is 0.0674 e. The highest BCUT2D eigenvalue weighted by Gasteiger charge is 2.17. The van der Waals surface area contributed by atoms with Crippen molar-refractivity contribution < 1.29 is 9.47 Å². The van der Waals surface area contributed by atoms with Crippen LogP contribution in [0.1, 0.15) is 19.8 Å². The summed E-state index contributed by atoms with van der Waals surface area (Å²) in [5, 5.41) is 3.35. The molecule has 1 N–H and O–H groups in total. The monoisotopic (exact) mass is 228 g/mol. The number of hydrogen-bond donors (Lipinski definition) is 1. The minimum absolute atomic E-state index is 0.382. The Morgan fingerprint density at radius 3 is 2.94 bits per heavy atom. The van der Waals surface area contributed by atoms with Gasteiger partial charge in [-0.15, -0.1) is 0 Å². The van der Waals surface area contributed by atoms with E-state index >= 15 is 0 Å². The van der Waals surface area contributed by atoms with E-state index < -0.39 is 0 Å². The van der Waals surface area contributed by atoms with Crippen molar-refractivity contribution in [2.45, 2.75) is 32.0 Å². The third kappa shape index (κ3) is 4.01. The van der Waals surface area contributed by atoms with Crippen LogP contribution in [0.15, 0.2) is 0 Å². The Balaban J connectivity index is 1.56. The molecule has 2 saturated heterocycles. The molecule has 0 radical (unpaired) electrons. The number of piperidine rings is 1. The molecule has 1 atom stereocenters. The predicted molar refractivity (Wildman–Crippen MR) is 63.7 cm³/mol. The molecule has 0 spiro atoms. The third-order valence-corrected chi connectivity index (χ3v) is 3.37. The summed E-state index contributed by atoms with van der Waals surface area (Å²) in [5.41, 5.74) is 0. The lowest BCUT2D eigenvalue weighted by molar-refractivity contribution is -0.0370. The molecule has 0 aromatic heterocycles. The first-order valence-electron chi connectivity index (χ1n) is 6.51. The summed E-state index contributed by atoms with van der Waals surface area (Å²) in [6, 6.07) is 0. The summed E-state index contributed by atoms with van der Waals surface area (Å²) < 4.78 is 11.4. The van der Waals surface area contributed by atoms with E-state index in [4.69, 9.17) is 9.47 Å². The van der Waals surface area contributed by atoms with Crippen LogP contribution in [0.2, 0.25) is 0 Å². The molecule has 2 fully saturated rings. The van der Waals surface area contributed by atoms with Gasteiger partial charge in [0.05, 0.1) is 25.4 Å². The van der Waals surface area contributed by atoms with Gasteiger partial charge in [-0.25, -0.2) is 0 Å². The van der Waals surface area contributed by atoms with Gasteiger partial charge in [-0.1, -0.05) is 0 Å². The molecule has 2 aliphatic heterocycles. The molecule has 2 rings (SSSR count). The van der Waals surface area contributed by atoms with Crippen LogP contribution in [-0.4, -0.2) is 63.0 Å². The number of ether oxygens (including phenoxy) is 2. The van der Waals surface area contributed by atoms with Crippen molar-refractivity contribution in [3.05, 3.63) is 0 Å². The first-order valence-corrected chi connectivity index (χ1v) is 6.51. The second-order valence-electron chi connectivity index (χ2n) is 4.80. The third-order valence-electron chi connectivity index (χ3n) is 3.37. The average molecular weight is 228 g/mol. The van der Waals surface area contributed by atoms with E-state index in [2.05, 4.69) is 17.1 Å². The molecular formula is C12H24N2O2. The Kier molecular flexibility index (Phi) is 5.03. The van der Waals surface area contributed by atoms with Crippen LogP contribution in [0.4, 0.5) is 0 Å². The van der Waals surface area contributed by atoms with Gasteiger partial charge in [0.1, 0.15) is 0 Å². The molecule has 0 bridgehead atoms. The Morgan fingerprint density at radius 1 is 1.38 bits per heavy atom. The van der Waals surface area contributed by atoms with E-state index in [0.29, 0.717) is 12.2 Å². The van der Waals surface area contributed by atoms with Crippen molar-refractivity contribution in [3.8, 4) is 0 Å². The molecule has 94 valence electrons. The van der Waals surface area contributed by atoms with Crippen LogP contribution in [0.5, 0.6) is 0 Å². The summed E-state index contributed by atoms with van der Waals surface area (Å²) in [4.78, 5) is 2.44. The SMILES string of the molecule is CC1CN(CCOC2CCNCC2)CCO1. The van der Waals surface area contributed by atoms with Crippen LogP contribution in [-0.2, 0) is 9.47 Å². The number of hydrogen-bond acceptors (Lipinski definition) is 4. The summed E-state index contributed by atoms with van der Waals surface area (Å²) >= 11 is 0. The zero-order chi connectivity index (χ0) is 11.2. The van der Waals surface area contributed by atoms with Crippen molar-refractivity contribution in [3.63, 3.8) is 0 Å². The molecule has 0 aromatic rings. The molecular weight excluding hydrogens is 204 g/mol. The Morgan fingerprint density at radius 2 is 2.19 bits per heavy atom. The van der Waals surface area contributed by atoms with Gasteiger partial charge in [0.15, 0.2) is 0 Å². The molecule has 0 amide bonds. The Labute approximate surface area is 98.3 Å². The largest absolute Gasteiger partial charge is 0.377 e. The summed E-state index contributed by atoms with van der Waals surface area (Å²) in [6.45, 7) is 9.26. The Hall–Kier alpha value is -0.160. The predicted octanol–water partition coefficient (Wildman–Crippen LogP) is 0.476. The molecule has 4 heteroatoms. The van der Waals surface area contributed by atoms with Gasteiger partial charge in [-0.3, -0.25) is 4.90 Å². The van der Waals surface area contributed by atoms with Crippen LogP contribution >= 0.6 is 0 Å². The standard InChI is InChI=1S/C12H24N2O2/c1-11-10-14(6-8-15-11)7-9-16-12-2-4-13-5-3-12/h11-13H,2-10H2,1H3. The maximum atomic E-state index is 5.90. The van der Waals surface area contributed by atoms with E-state index in [9.17, 15) is 0 Å². The van der Waals surface area contributed by atoms with E-state index in [1.165, 1.54) is 12.8 Å². The topological polar surface area (TPSA) is 33.7 Å². The van der Waals surface area contributed by atoms with E-state index in [-0.39, 0.29) is 0 Å². The molecule has 2 heterocycles. The van der Waals surface area contributed by atoms with Crippen molar-refractivity contribution in [2.24, 2.45) is 0 Å². The lowest BCUT2D eigenvalue weighted by Crippen LogP contribution is -2.43. The Bertz CT molecular complexity index is 195. The molecule has 0 aliphatic carbocycles. The molecule has 16 heavy (non-hydrogen) atoms. The molecule has 1 unspecified atom stereocenters. The average Bonchev–Trinajstić information content (AvgIpc) is 2.30.